The number of hydrogen-bond acceptors (Lipinski definition) is 5. The van der Waals surface area contributed by atoms with E-state index in [2.05, 4.69) is 5.32 Å². The fourth-order valence-electron chi connectivity index (χ4n) is 3.82. The van der Waals surface area contributed by atoms with Crippen molar-refractivity contribution >= 4 is 32.4 Å². The standard InChI is InChI=1S/C28H28N2O5S/c1-34-26-9-5-6-10-27(26)35-18-17-29-28(31)23-13-11-21(12-14-23)20-30(36(2,32)33)25-16-15-22-7-3-4-8-24(22)19-25/h3-16,19H,17-18,20H2,1-2H3,(H,29,31). The number of sulfonamides is 1. The number of fused-ring (bicyclic) bond motifs is 1. The smallest absolute Gasteiger partial charge is 0.251 e. The van der Waals surface area contributed by atoms with Gasteiger partial charge in [-0.25, -0.2) is 8.42 Å². The Morgan fingerprint density at radius 3 is 2.22 bits per heavy atom. The van der Waals surface area contributed by atoms with Gasteiger partial charge in [0.2, 0.25) is 10.0 Å². The van der Waals surface area contributed by atoms with Crippen LogP contribution in [0.3, 0.4) is 0 Å². The van der Waals surface area contributed by atoms with Crippen LogP contribution in [-0.2, 0) is 16.6 Å². The van der Waals surface area contributed by atoms with Crippen LogP contribution in [0.4, 0.5) is 5.69 Å². The van der Waals surface area contributed by atoms with Gasteiger partial charge in [-0.2, -0.15) is 0 Å². The molecule has 4 aromatic rings. The number of rotatable bonds is 10. The maximum Gasteiger partial charge on any atom is 0.251 e. The van der Waals surface area contributed by atoms with Gasteiger partial charge in [-0.05, 0) is 52.7 Å². The summed E-state index contributed by atoms with van der Waals surface area (Å²) < 4.78 is 37.4. The molecule has 0 aliphatic heterocycles. The summed E-state index contributed by atoms with van der Waals surface area (Å²) in [6.07, 6.45) is 1.19. The van der Waals surface area contributed by atoms with Gasteiger partial charge in [-0.3, -0.25) is 9.10 Å². The zero-order valence-electron chi connectivity index (χ0n) is 20.2. The molecule has 8 heteroatoms. The van der Waals surface area contributed by atoms with E-state index < -0.39 is 10.0 Å². The molecule has 0 aliphatic carbocycles. The number of nitrogens with one attached hydrogen (secondary N) is 1. The van der Waals surface area contributed by atoms with Gasteiger partial charge in [0, 0.05) is 5.56 Å². The number of hydrogen-bond donors (Lipinski definition) is 1. The molecular formula is C28H28N2O5S. The molecule has 0 aromatic heterocycles. The Kier molecular flexibility index (Phi) is 7.75. The molecule has 1 amide bonds. The second-order valence-electron chi connectivity index (χ2n) is 8.25. The molecular weight excluding hydrogens is 476 g/mol. The van der Waals surface area contributed by atoms with E-state index in [1.807, 2.05) is 48.5 Å². The molecule has 0 saturated heterocycles. The van der Waals surface area contributed by atoms with Crippen molar-refractivity contribution in [3.8, 4) is 11.5 Å². The summed E-state index contributed by atoms with van der Waals surface area (Å²) in [5.74, 6) is 1.01. The molecule has 4 rings (SSSR count). The Hall–Kier alpha value is -4.04. The molecule has 0 heterocycles. The van der Waals surface area contributed by atoms with E-state index >= 15 is 0 Å². The lowest BCUT2D eigenvalue weighted by molar-refractivity contribution is 0.0947. The summed E-state index contributed by atoms with van der Waals surface area (Å²) in [6, 6.07) is 27.6. The van der Waals surface area contributed by atoms with Crippen LogP contribution in [0.25, 0.3) is 10.8 Å². The van der Waals surface area contributed by atoms with Crippen LogP contribution in [0.2, 0.25) is 0 Å². The molecule has 0 aliphatic rings. The molecule has 0 radical (unpaired) electrons. The fraction of sp³-hybridized carbons (Fsp3) is 0.179. The number of methoxy groups -OCH3 is 1. The van der Waals surface area contributed by atoms with Crippen molar-refractivity contribution in [1.82, 2.24) is 5.32 Å². The average Bonchev–Trinajstić information content (AvgIpc) is 2.89. The van der Waals surface area contributed by atoms with E-state index in [1.165, 1.54) is 10.6 Å². The molecule has 186 valence electrons. The third-order valence-electron chi connectivity index (χ3n) is 5.68. The monoisotopic (exact) mass is 504 g/mol. The Bertz CT molecular complexity index is 1450. The normalized spacial score (nSPS) is 11.2. The van der Waals surface area contributed by atoms with Crippen LogP contribution in [0.1, 0.15) is 15.9 Å². The molecule has 0 unspecified atom stereocenters. The van der Waals surface area contributed by atoms with Crippen LogP contribution in [0.15, 0.2) is 91.0 Å². The molecule has 0 spiro atoms. The first-order chi connectivity index (χ1) is 17.3. The highest BCUT2D eigenvalue weighted by Gasteiger charge is 2.18. The molecule has 4 aromatic carbocycles. The largest absolute Gasteiger partial charge is 0.493 e. The Morgan fingerprint density at radius 1 is 0.861 bits per heavy atom. The number of carbonyl (C=O) groups is 1. The van der Waals surface area contributed by atoms with Crippen molar-refractivity contribution in [2.75, 3.05) is 30.8 Å². The molecule has 1 N–H and O–H groups in total. The van der Waals surface area contributed by atoms with Crippen molar-refractivity contribution in [1.29, 1.82) is 0 Å². The number of nitrogens with zero attached hydrogens (tertiary/aromatic N) is 1. The van der Waals surface area contributed by atoms with Crippen molar-refractivity contribution in [3.63, 3.8) is 0 Å². The van der Waals surface area contributed by atoms with Crippen molar-refractivity contribution < 1.29 is 22.7 Å². The van der Waals surface area contributed by atoms with E-state index in [0.717, 1.165) is 16.3 Å². The third-order valence-corrected chi connectivity index (χ3v) is 6.82. The summed E-state index contributed by atoms with van der Waals surface area (Å²) in [5, 5.41) is 4.83. The number of para-hydroxylation sites is 2. The summed E-state index contributed by atoms with van der Waals surface area (Å²) >= 11 is 0. The molecule has 0 fully saturated rings. The Morgan fingerprint density at radius 2 is 1.53 bits per heavy atom. The van der Waals surface area contributed by atoms with E-state index in [-0.39, 0.29) is 12.5 Å². The first kappa shape index (κ1) is 25.1. The number of ether oxygens (including phenoxy) is 2. The van der Waals surface area contributed by atoms with Gasteiger partial charge in [0.1, 0.15) is 6.61 Å². The van der Waals surface area contributed by atoms with Gasteiger partial charge in [0.15, 0.2) is 11.5 Å². The zero-order valence-corrected chi connectivity index (χ0v) is 21.0. The molecule has 0 saturated carbocycles. The second-order valence-corrected chi connectivity index (χ2v) is 10.2. The lowest BCUT2D eigenvalue weighted by Gasteiger charge is -2.23. The lowest BCUT2D eigenvalue weighted by Crippen LogP contribution is -2.29. The first-order valence-corrected chi connectivity index (χ1v) is 13.3. The minimum absolute atomic E-state index is 0.159. The van der Waals surface area contributed by atoms with Gasteiger partial charge in [0.05, 0.1) is 32.1 Å². The van der Waals surface area contributed by atoms with E-state index in [4.69, 9.17) is 9.47 Å². The minimum Gasteiger partial charge on any atom is -0.493 e. The van der Waals surface area contributed by atoms with Gasteiger partial charge in [-0.15, -0.1) is 0 Å². The summed E-state index contributed by atoms with van der Waals surface area (Å²) in [5.41, 5.74) is 1.84. The Labute approximate surface area is 211 Å². The summed E-state index contributed by atoms with van der Waals surface area (Å²) in [6.45, 7) is 0.771. The maximum atomic E-state index is 12.6. The van der Waals surface area contributed by atoms with Crippen LogP contribution >= 0.6 is 0 Å². The van der Waals surface area contributed by atoms with Gasteiger partial charge in [-0.1, -0.05) is 54.6 Å². The quantitative estimate of drug-likeness (QED) is 0.319. The van der Waals surface area contributed by atoms with E-state index in [9.17, 15) is 13.2 Å². The first-order valence-electron chi connectivity index (χ1n) is 11.4. The maximum absolute atomic E-state index is 12.6. The summed E-state index contributed by atoms with van der Waals surface area (Å²) in [7, 11) is -1.95. The highest BCUT2D eigenvalue weighted by Crippen LogP contribution is 2.26. The third kappa shape index (κ3) is 6.14. The van der Waals surface area contributed by atoms with Crippen LogP contribution in [0, 0.1) is 0 Å². The highest BCUT2D eigenvalue weighted by atomic mass is 32.2. The highest BCUT2D eigenvalue weighted by molar-refractivity contribution is 7.92. The number of amides is 1. The predicted molar refractivity (Wildman–Crippen MR) is 142 cm³/mol. The lowest BCUT2D eigenvalue weighted by atomic mass is 10.1. The topological polar surface area (TPSA) is 84.9 Å². The number of carbonyl (C=O) groups excluding carboxylic acids is 1. The van der Waals surface area contributed by atoms with E-state index in [0.29, 0.717) is 35.9 Å². The average molecular weight is 505 g/mol. The van der Waals surface area contributed by atoms with Crippen LogP contribution in [0.5, 0.6) is 11.5 Å². The fourth-order valence-corrected chi connectivity index (χ4v) is 4.70. The second kappa shape index (κ2) is 11.1. The van der Waals surface area contributed by atoms with Crippen LogP contribution in [-0.4, -0.2) is 40.8 Å². The van der Waals surface area contributed by atoms with E-state index in [1.54, 1.807) is 49.6 Å². The van der Waals surface area contributed by atoms with Gasteiger partial charge >= 0.3 is 0 Å². The molecule has 0 atom stereocenters. The van der Waals surface area contributed by atoms with Crippen molar-refractivity contribution in [3.05, 3.63) is 102 Å². The van der Waals surface area contributed by atoms with Crippen molar-refractivity contribution in [2.45, 2.75) is 6.54 Å². The van der Waals surface area contributed by atoms with Crippen LogP contribution < -0.4 is 19.1 Å². The predicted octanol–water partition coefficient (Wildman–Crippen LogP) is 4.62. The SMILES string of the molecule is COc1ccccc1OCCNC(=O)c1ccc(CN(c2ccc3ccccc3c2)S(C)(=O)=O)cc1. The van der Waals surface area contributed by atoms with Crippen molar-refractivity contribution in [2.24, 2.45) is 0 Å². The van der Waals surface area contributed by atoms with Gasteiger partial charge < -0.3 is 14.8 Å². The van der Waals surface area contributed by atoms with Gasteiger partial charge in [0.25, 0.3) is 5.91 Å². The number of anilines is 1. The molecule has 7 nitrogen and oxygen atoms in total. The molecule has 0 bridgehead atoms. The minimum atomic E-state index is -3.52. The zero-order chi connectivity index (χ0) is 25.5. The molecule has 36 heavy (non-hydrogen) atoms. The Balaban J connectivity index is 1.38. The number of benzene rings is 4. The summed E-state index contributed by atoms with van der Waals surface area (Å²) in [4.78, 5) is 12.5.